The smallest absolute Gasteiger partial charge is 0.260 e. The predicted molar refractivity (Wildman–Crippen MR) is 108 cm³/mol. The second-order valence-electron chi connectivity index (χ2n) is 6.38. The molecule has 4 rings (SSSR count). The van der Waals surface area contributed by atoms with Gasteiger partial charge in [0.2, 0.25) is 0 Å². The Morgan fingerprint density at radius 1 is 1.15 bits per heavy atom. The van der Waals surface area contributed by atoms with Crippen molar-refractivity contribution >= 4 is 50.8 Å². The number of ether oxygens (including phenoxy) is 1. The quantitative estimate of drug-likeness (QED) is 0.677. The fraction of sp³-hybridized carbons (Fsp3) is 0.250. The number of rotatable bonds is 3. The number of halogens is 2. The molecule has 4 nitrogen and oxygen atoms in total. The first-order chi connectivity index (χ1) is 12.6. The number of carbonyl (C=O) groups excluding carboxylic acids is 1. The van der Waals surface area contributed by atoms with E-state index in [0.29, 0.717) is 30.5 Å². The zero-order chi connectivity index (χ0) is 18.1. The Labute approximate surface area is 166 Å². The van der Waals surface area contributed by atoms with Crippen molar-refractivity contribution in [1.82, 2.24) is 4.90 Å². The molecule has 2 aromatic rings. The van der Waals surface area contributed by atoms with Crippen molar-refractivity contribution in [3.8, 4) is 0 Å². The number of carbonyl (C=O) groups is 1. The molecule has 0 saturated carbocycles. The number of morpholine rings is 1. The van der Waals surface area contributed by atoms with Crippen LogP contribution in [-0.2, 0) is 9.53 Å². The monoisotopic (exact) mass is 432 g/mol. The van der Waals surface area contributed by atoms with Gasteiger partial charge >= 0.3 is 0 Å². The largest absolute Gasteiger partial charge is 0.379 e. The molecule has 2 heterocycles. The van der Waals surface area contributed by atoms with Crippen LogP contribution in [0.5, 0.6) is 0 Å². The summed E-state index contributed by atoms with van der Waals surface area (Å²) in [5, 5.41) is 0.657. The summed E-state index contributed by atoms with van der Waals surface area (Å²) in [7, 11) is 0. The van der Waals surface area contributed by atoms with Crippen molar-refractivity contribution < 1.29 is 9.53 Å². The number of fused-ring (bicyclic) bond motifs is 1. The maximum Gasteiger partial charge on any atom is 0.260 e. The second kappa shape index (κ2) is 7.53. The van der Waals surface area contributed by atoms with Crippen molar-refractivity contribution in [3.05, 3.63) is 63.1 Å². The number of nitrogens with zero attached hydrogens (tertiary/aromatic N) is 2. The lowest BCUT2D eigenvalue weighted by atomic mass is 10.0. The lowest BCUT2D eigenvalue weighted by Gasteiger charge is -2.30. The number of hydrogen-bond acceptors (Lipinski definition) is 3. The van der Waals surface area contributed by atoms with E-state index >= 15 is 0 Å². The average Bonchev–Trinajstić information content (AvgIpc) is 2.88. The lowest BCUT2D eigenvalue weighted by molar-refractivity contribution is -0.113. The zero-order valence-electron chi connectivity index (χ0n) is 14.1. The van der Waals surface area contributed by atoms with E-state index in [1.54, 1.807) is 0 Å². The summed E-state index contributed by atoms with van der Waals surface area (Å²) in [6.45, 7) is 3.66. The number of amides is 1. The first kappa shape index (κ1) is 17.7. The highest BCUT2D eigenvalue weighted by atomic mass is 79.9. The van der Waals surface area contributed by atoms with E-state index in [-0.39, 0.29) is 5.91 Å². The Hall–Kier alpha value is -1.66. The molecule has 2 aromatic carbocycles. The Morgan fingerprint density at radius 3 is 2.73 bits per heavy atom. The minimum Gasteiger partial charge on any atom is -0.379 e. The average molecular weight is 434 g/mol. The topological polar surface area (TPSA) is 32.8 Å². The predicted octanol–water partition coefficient (Wildman–Crippen LogP) is 4.28. The molecule has 0 radical (unpaired) electrons. The molecular formula is C20H18BrClN2O2. The molecule has 0 spiro atoms. The SMILES string of the molecule is O=C1/C(=C\c2cccc(Cl)c2)c2cc(Br)ccc2N1CN1CCOCC1. The molecular weight excluding hydrogens is 416 g/mol. The normalized spacial score (nSPS) is 19.2. The number of anilines is 1. The van der Waals surface area contributed by atoms with Gasteiger partial charge < -0.3 is 4.74 Å². The highest BCUT2D eigenvalue weighted by molar-refractivity contribution is 9.10. The van der Waals surface area contributed by atoms with Gasteiger partial charge in [0.15, 0.2) is 0 Å². The molecule has 0 N–H and O–H groups in total. The van der Waals surface area contributed by atoms with Gasteiger partial charge in [-0.2, -0.15) is 0 Å². The first-order valence-electron chi connectivity index (χ1n) is 8.51. The van der Waals surface area contributed by atoms with Crippen LogP contribution in [0, 0.1) is 0 Å². The van der Waals surface area contributed by atoms with Gasteiger partial charge in [-0.1, -0.05) is 39.7 Å². The second-order valence-corrected chi connectivity index (χ2v) is 7.73. The van der Waals surface area contributed by atoms with E-state index in [1.807, 2.05) is 53.4 Å². The van der Waals surface area contributed by atoms with Crippen LogP contribution in [0.1, 0.15) is 11.1 Å². The van der Waals surface area contributed by atoms with Gasteiger partial charge in [0, 0.05) is 33.7 Å². The standard InChI is InChI=1S/C20H18BrClN2O2/c21-15-4-5-19-17(12-15)18(11-14-2-1-3-16(22)10-14)20(25)24(19)13-23-6-8-26-9-7-23/h1-5,10-12H,6-9,13H2/b18-11-. The van der Waals surface area contributed by atoms with E-state index in [1.165, 1.54) is 0 Å². The summed E-state index contributed by atoms with van der Waals surface area (Å²) in [4.78, 5) is 17.3. The molecule has 2 aliphatic rings. The molecule has 0 aromatic heterocycles. The summed E-state index contributed by atoms with van der Waals surface area (Å²) in [6, 6.07) is 13.5. The minimum atomic E-state index is 0.0181. The van der Waals surface area contributed by atoms with Crippen molar-refractivity contribution in [3.63, 3.8) is 0 Å². The number of benzene rings is 2. The van der Waals surface area contributed by atoms with Crippen LogP contribution in [0.15, 0.2) is 46.9 Å². The third-order valence-corrected chi connectivity index (χ3v) is 5.35. The van der Waals surface area contributed by atoms with Gasteiger partial charge in [0.1, 0.15) is 0 Å². The summed E-state index contributed by atoms with van der Waals surface area (Å²) >= 11 is 9.62. The summed E-state index contributed by atoms with van der Waals surface area (Å²) in [5.41, 5.74) is 3.49. The molecule has 1 amide bonds. The van der Waals surface area contributed by atoms with Crippen LogP contribution >= 0.6 is 27.5 Å². The van der Waals surface area contributed by atoms with Gasteiger partial charge in [-0.05, 0) is 42.0 Å². The number of hydrogen-bond donors (Lipinski definition) is 0. The Kier molecular flexibility index (Phi) is 5.14. The highest BCUT2D eigenvalue weighted by Gasteiger charge is 2.33. The summed E-state index contributed by atoms with van der Waals surface area (Å²) < 4.78 is 6.37. The van der Waals surface area contributed by atoms with Crippen molar-refractivity contribution in [2.75, 3.05) is 37.9 Å². The van der Waals surface area contributed by atoms with E-state index in [2.05, 4.69) is 20.8 Å². The third-order valence-electron chi connectivity index (χ3n) is 4.62. The van der Waals surface area contributed by atoms with Crippen molar-refractivity contribution in [2.24, 2.45) is 0 Å². The Morgan fingerprint density at radius 2 is 1.96 bits per heavy atom. The fourth-order valence-electron chi connectivity index (χ4n) is 3.31. The van der Waals surface area contributed by atoms with Gasteiger partial charge in [-0.15, -0.1) is 0 Å². The van der Waals surface area contributed by atoms with E-state index in [4.69, 9.17) is 16.3 Å². The van der Waals surface area contributed by atoms with Gasteiger partial charge in [-0.3, -0.25) is 14.6 Å². The molecule has 2 aliphatic heterocycles. The van der Waals surface area contributed by atoms with Crippen LogP contribution in [0.4, 0.5) is 5.69 Å². The van der Waals surface area contributed by atoms with E-state index in [9.17, 15) is 4.79 Å². The van der Waals surface area contributed by atoms with Crippen molar-refractivity contribution in [2.45, 2.75) is 0 Å². The molecule has 1 fully saturated rings. The minimum absolute atomic E-state index is 0.0181. The van der Waals surface area contributed by atoms with Crippen LogP contribution in [0.25, 0.3) is 11.6 Å². The molecule has 6 heteroatoms. The van der Waals surface area contributed by atoms with Crippen LogP contribution in [0.2, 0.25) is 5.02 Å². The third kappa shape index (κ3) is 3.58. The van der Waals surface area contributed by atoms with E-state index in [0.717, 1.165) is 34.4 Å². The highest BCUT2D eigenvalue weighted by Crippen LogP contribution is 2.39. The summed E-state index contributed by atoms with van der Waals surface area (Å²) in [6.07, 6.45) is 1.92. The van der Waals surface area contributed by atoms with Gasteiger partial charge in [0.05, 0.1) is 25.6 Å². The fourth-order valence-corrected chi connectivity index (χ4v) is 3.87. The van der Waals surface area contributed by atoms with Crippen LogP contribution < -0.4 is 4.90 Å². The van der Waals surface area contributed by atoms with Gasteiger partial charge in [-0.25, -0.2) is 0 Å². The van der Waals surface area contributed by atoms with Crippen molar-refractivity contribution in [1.29, 1.82) is 0 Å². The molecule has 26 heavy (non-hydrogen) atoms. The summed E-state index contributed by atoms with van der Waals surface area (Å²) in [5.74, 6) is 0.0181. The molecule has 0 atom stereocenters. The maximum absolute atomic E-state index is 13.2. The van der Waals surface area contributed by atoms with E-state index < -0.39 is 0 Å². The maximum atomic E-state index is 13.2. The zero-order valence-corrected chi connectivity index (χ0v) is 16.5. The Balaban J connectivity index is 1.71. The van der Waals surface area contributed by atoms with Crippen LogP contribution in [0.3, 0.4) is 0 Å². The van der Waals surface area contributed by atoms with Gasteiger partial charge in [0.25, 0.3) is 5.91 Å². The molecule has 134 valence electrons. The first-order valence-corrected chi connectivity index (χ1v) is 9.68. The Bertz CT molecular complexity index is 878. The molecule has 0 bridgehead atoms. The van der Waals surface area contributed by atoms with Crippen LogP contribution in [-0.4, -0.2) is 43.8 Å². The molecule has 0 aliphatic carbocycles. The molecule has 1 saturated heterocycles. The lowest BCUT2D eigenvalue weighted by Crippen LogP contribution is -2.45. The molecule has 0 unspecified atom stereocenters.